The Kier molecular flexibility index (Phi) is 4.95. The molecule has 2 unspecified atom stereocenters. The second-order valence-corrected chi connectivity index (χ2v) is 5.75. The first-order chi connectivity index (χ1) is 7.88. The smallest absolute Gasteiger partial charge is 0.239 e. The average Bonchev–Trinajstić information content (AvgIpc) is 2.27. The normalized spacial score (nSPS) is 27.3. The Morgan fingerprint density at radius 3 is 2.71 bits per heavy atom. The van der Waals surface area contributed by atoms with E-state index in [0.717, 1.165) is 25.8 Å². The number of hydrogen-bond acceptors (Lipinski definition) is 3. The number of likely N-dealkylation sites (tertiary alicyclic amines) is 1. The van der Waals surface area contributed by atoms with Crippen LogP contribution in [0.1, 0.15) is 40.0 Å². The van der Waals surface area contributed by atoms with E-state index in [-0.39, 0.29) is 17.6 Å². The maximum atomic E-state index is 12.2. The van der Waals surface area contributed by atoms with Gasteiger partial charge in [-0.2, -0.15) is 0 Å². The van der Waals surface area contributed by atoms with Gasteiger partial charge in [0.25, 0.3) is 0 Å². The van der Waals surface area contributed by atoms with Gasteiger partial charge in [0.1, 0.15) is 0 Å². The van der Waals surface area contributed by atoms with E-state index in [1.54, 1.807) is 7.11 Å². The topological polar surface area (TPSA) is 55.6 Å². The van der Waals surface area contributed by atoms with Crippen LogP contribution in [0.4, 0.5) is 0 Å². The van der Waals surface area contributed by atoms with Crippen molar-refractivity contribution in [1.82, 2.24) is 4.90 Å². The van der Waals surface area contributed by atoms with Crippen molar-refractivity contribution in [3.8, 4) is 0 Å². The molecular formula is C13H26N2O2. The van der Waals surface area contributed by atoms with Crippen molar-refractivity contribution in [2.24, 2.45) is 11.7 Å². The van der Waals surface area contributed by atoms with Crippen molar-refractivity contribution < 1.29 is 9.53 Å². The highest BCUT2D eigenvalue weighted by Gasteiger charge is 2.34. The van der Waals surface area contributed by atoms with Crippen LogP contribution in [0.15, 0.2) is 0 Å². The minimum Gasteiger partial charge on any atom is -0.377 e. The fourth-order valence-electron chi connectivity index (χ4n) is 2.40. The monoisotopic (exact) mass is 242 g/mol. The van der Waals surface area contributed by atoms with Crippen LogP contribution in [-0.2, 0) is 9.53 Å². The summed E-state index contributed by atoms with van der Waals surface area (Å²) >= 11 is 0. The average molecular weight is 242 g/mol. The summed E-state index contributed by atoms with van der Waals surface area (Å²) in [6.45, 7) is 7.70. The summed E-state index contributed by atoms with van der Waals surface area (Å²) in [4.78, 5) is 14.0. The van der Waals surface area contributed by atoms with Gasteiger partial charge in [0, 0.05) is 20.2 Å². The lowest BCUT2D eigenvalue weighted by Crippen LogP contribution is -2.54. The van der Waals surface area contributed by atoms with Gasteiger partial charge < -0.3 is 15.4 Å². The molecular weight excluding hydrogens is 216 g/mol. The Bertz CT molecular complexity index is 268. The molecule has 1 aliphatic rings. The van der Waals surface area contributed by atoms with Crippen LogP contribution < -0.4 is 5.73 Å². The van der Waals surface area contributed by atoms with Gasteiger partial charge in [-0.15, -0.1) is 0 Å². The number of piperidine rings is 1. The van der Waals surface area contributed by atoms with E-state index in [9.17, 15) is 4.79 Å². The van der Waals surface area contributed by atoms with Crippen LogP contribution in [0.3, 0.4) is 0 Å². The predicted octanol–water partition coefficient (Wildman–Crippen LogP) is 1.39. The lowest BCUT2D eigenvalue weighted by molar-refractivity contribution is -0.140. The Labute approximate surface area is 104 Å². The minimum atomic E-state index is -0.366. The first-order valence-corrected chi connectivity index (χ1v) is 6.47. The van der Waals surface area contributed by atoms with Crippen molar-refractivity contribution in [2.45, 2.75) is 51.7 Å². The van der Waals surface area contributed by atoms with Gasteiger partial charge in [0.15, 0.2) is 0 Å². The fraction of sp³-hybridized carbons (Fsp3) is 0.923. The minimum absolute atomic E-state index is 0.0710. The molecule has 0 aromatic carbocycles. The van der Waals surface area contributed by atoms with Crippen molar-refractivity contribution in [3.05, 3.63) is 0 Å². The zero-order valence-corrected chi connectivity index (χ0v) is 11.5. The largest absolute Gasteiger partial charge is 0.377 e. The summed E-state index contributed by atoms with van der Waals surface area (Å²) in [7, 11) is 1.71. The molecule has 100 valence electrons. The third kappa shape index (κ3) is 3.96. The van der Waals surface area contributed by atoms with Crippen LogP contribution in [0.5, 0.6) is 0 Å². The van der Waals surface area contributed by atoms with E-state index < -0.39 is 0 Å². The van der Waals surface area contributed by atoms with E-state index in [1.165, 1.54) is 0 Å². The Hall–Kier alpha value is -0.610. The lowest BCUT2D eigenvalue weighted by Gasteiger charge is -2.40. The van der Waals surface area contributed by atoms with Gasteiger partial charge in [-0.25, -0.2) is 0 Å². The second-order valence-electron chi connectivity index (χ2n) is 5.75. The fourth-order valence-corrected chi connectivity index (χ4v) is 2.40. The van der Waals surface area contributed by atoms with Gasteiger partial charge >= 0.3 is 0 Å². The third-order valence-electron chi connectivity index (χ3n) is 3.51. The molecule has 1 fully saturated rings. The lowest BCUT2D eigenvalue weighted by atomic mass is 9.93. The molecule has 0 bridgehead atoms. The highest BCUT2D eigenvalue weighted by Crippen LogP contribution is 2.24. The summed E-state index contributed by atoms with van der Waals surface area (Å²) in [6.07, 6.45) is 2.75. The SMILES string of the molecule is COC1(C)CCCN(C(=O)C(N)CC(C)C)C1. The second kappa shape index (κ2) is 5.83. The molecule has 1 heterocycles. The summed E-state index contributed by atoms with van der Waals surface area (Å²) in [5, 5.41) is 0. The molecule has 1 amide bonds. The molecule has 0 spiro atoms. The number of ether oxygens (including phenoxy) is 1. The molecule has 0 aromatic rings. The van der Waals surface area contributed by atoms with Crippen LogP contribution in [0.25, 0.3) is 0 Å². The van der Waals surface area contributed by atoms with Crippen molar-refractivity contribution in [2.75, 3.05) is 20.2 Å². The standard InChI is InChI=1S/C13H26N2O2/c1-10(2)8-11(14)12(16)15-7-5-6-13(3,9-15)17-4/h10-11H,5-9,14H2,1-4H3. The summed E-state index contributed by atoms with van der Waals surface area (Å²) in [6, 6.07) is -0.366. The first-order valence-electron chi connectivity index (χ1n) is 6.47. The Morgan fingerprint density at radius 1 is 1.53 bits per heavy atom. The maximum absolute atomic E-state index is 12.2. The molecule has 17 heavy (non-hydrogen) atoms. The molecule has 4 heteroatoms. The molecule has 4 nitrogen and oxygen atoms in total. The van der Waals surface area contributed by atoms with Crippen molar-refractivity contribution >= 4 is 5.91 Å². The number of rotatable bonds is 4. The molecule has 0 aliphatic carbocycles. The maximum Gasteiger partial charge on any atom is 0.239 e. The van der Waals surface area contributed by atoms with Gasteiger partial charge in [0.05, 0.1) is 11.6 Å². The number of hydrogen-bond donors (Lipinski definition) is 1. The van der Waals surface area contributed by atoms with Crippen LogP contribution in [0, 0.1) is 5.92 Å². The first kappa shape index (κ1) is 14.5. The van der Waals surface area contributed by atoms with Crippen LogP contribution in [-0.4, -0.2) is 42.6 Å². The molecule has 0 aromatic heterocycles. The molecule has 0 radical (unpaired) electrons. The van der Waals surface area contributed by atoms with E-state index in [2.05, 4.69) is 20.8 Å². The van der Waals surface area contributed by atoms with Crippen LogP contribution in [0.2, 0.25) is 0 Å². The number of methoxy groups -OCH3 is 1. The van der Waals surface area contributed by atoms with E-state index in [0.29, 0.717) is 12.5 Å². The number of amides is 1. The highest BCUT2D eigenvalue weighted by molar-refractivity contribution is 5.81. The number of carbonyl (C=O) groups excluding carboxylic acids is 1. The van der Waals surface area contributed by atoms with Crippen LogP contribution >= 0.6 is 0 Å². The van der Waals surface area contributed by atoms with Gasteiger partial charge in [-0.3, -0.25) is 4.79 Å². The summed E-state index contributed by atoms with van der Waals surface area (Å²) in [5.74, 6) is 0.522. The van der Waals surface area contributed by atoms with E-state index in [4.69, 9.17) is 10.5 Å². The quantitative estimate of drug-likeness (QED) is 0.810. The van der Waals surface area contributed by atoms with Gasteiger partial charge in [-0.05, 0) is 32.1 Å². The molecule has 0 saturated carbocycles. The zero-order chi connectivity index (χ0) is 13.1. The Morgan fingerprint density at radius 2 is 2.18 bits per heavy atom. The van der Waals surface area contributed by atoms with E-state index >= 15 is 0 Å². The number of nitrogens with two attached hydrogens (primary N) is 1. The predicted molar refractivity (Wildman–Crippen MR) is 68.7 cm³/mol. The zero-order valence-electron chi connectivity index (χ0n) is 11.5. The Balaban J connectivity index is 2.57. The highest BCUT2D eigenvalue weighted by atomic mass is 16.5. The number of nitrogens with zero attached hydrogens (tertiary/aromatic N) is 1. The molecule has 1 saturated heterocycles. The van der Waals surface area contributed by atoms with Crippen molar-refractivity contribution in [3.63, 3.8) is 0 Å². The number of carbonyl (C=O) groups is 1. The van der Waals surface area contributed by atoms with Gasteiger partial charge in [0.2, 0.25) is 5.91 Å². The van der Waals surface area contributed by atoms with Crippen molar-refractivity contribution in [1.29, 1.82) is 0 Å². The third-order valence-corrected chi connectivity index (χ3v) is 3.51. The van der Waals surface area contributed by atoms with Gasteiger partial charge in [-0.1, -0.05) is 13.8 Å². The summed E-state index contributed by atoms with van der Waals surface area (Å²) in [5.41, 5.74) is 5.74. The molecule has 1 aliphatic heterocycles. The summed E-state index contributed by atoms with van der Waals surface area (Å²) < 4.78 is 5.49. The molecule has 2 N–H and O–H groups in total. The molecule has 1 rings (SSSR count). The van der Waals surface area contributed by atoms with E-state index in [1.807, 2.05) is 4.90 Å². The molecule has 2 atom stereocenters.